The molecule has 12 heteroatoms. The topological polar surface area (TPSA) is 73.9 Å². The monoisotopic (exact) mass is 479 g/mol. The van der Waals surface area contributed by atoms with Crippen LogP contribution >= 0.6 is 7.75 Å². The van der Waals surface area contributed by atoms with E-state index in [2.05, 4.69) is 5.09 Å². The average molecular weight is 479 g/mol. The summed E-state index contributed by atoms with van der Waals surface area (Å²) in [7, 11) is -4.91. The van der Waals surface area contributed by atoms with Crippen LogP contribution in [-0.2, 0) is 14.1 Å². The molecule has 0 amide bonds. The standard InChI is InChI=1S/C20H19F5NO5P/c1-11(20(27)29-12-7-5-6-8-12)26-32(28,30-13-9-3-2-4-10-13)31-19-17(24)15(22)14(21)16(23)18(19)25/h2-4,9-12H,5-8H2,1H3,(H,26,28)/t11-,32-/m0/s1. The summed E-state index contributed by atoms with van der Waals surface area (Å²) in [5.41, 5.74) is 0. The van der Waals surface area contributed by atoms with Gasteiger partial charge < -0.3 is 13.8 Å². The molecule has 174 valence electrons. The Balaban J connectivity index is 1.90. The molecule has 0 radical (unpaired) electrons. The third-order valence-corrected chi connectivity index (χ3v) is 6.22. The maximum Gasteiger partial charge on any atom is 0.513 e. The molecular formula is C20H19F5NO5P. The van der Waals surface area contributed by atoms with Gasteiger partial charge in [-0.1, -0.05) is 18.2 Å². The second-order valence-electron chi connectivity index (χ2n) is 7.09. The van der Waals surface area contributed by atoms with Gasteiger partial charge in [-0.2, -0.15) is 13.9 Å². The van der Waals surface area contributed by atoms with Crippen LogP contribution in [0.15, 0.2) is 30.3 Å². The van der Waals surface area contributed by atoms with E-state index in [1.165, 1.54) is 31.2 Å². The summed E-state index contributed by atoms with van der Waals surface area (Å²) in [6.07, 6.45) is 2.71. The van der Waals surface area contributed by atoms with Crippen molar-refractivity contribution in [2.45, 2.75) is 44.8 Å². The summed E-state index contributed by atoms with van der Waals surface area (Å²) in [5.74, 6) is -14.5. The zero-order valence-corrected chi connectivity index (χ0v) is 17.6. The fourth-order valence-corrected chi connectivity index (χ4v) is 4.56. The summed E-state index contributed by atoms with van der Waals surface area (Å²) in [6, 6.07) is 5.75. The molecule has 1 N–H and O–H groups in total. The van der Waals surface area contributed by atoms with Crippen molar-refractivity contribution in [2.75, 3.05) is 0 Å². The quantitative estimate of drug-likeness (QED) is 0.179. The summed E-state index contributed by atoms with van der Waals surface area (Å²) >= 11 is 0. The lowest BCUT2D eigenvalue weighted by molar-refractivity contribution is -0.150. The first kappa shape index (κ1) is 24.0. The summed E-state index contributed by atoms with van der Waals surface area (Å²) in [6.45, 7) is 1.22. The molecule has 0 aliphatic heterocycles. The van der Waals surface area contributed by atoms with Crippen LogP contribution < -0.4 is 14.1 Å². The van der Waals surface area contributed by atoms with Crippen LogP contribution in [0.25, 0.3) is 0 Å². The van der Waals surface area contributed by atoms with Crippen molar-refractivity contribution in [1.29, 1.82) is 0 Å². The third kappa shape index (κ3) is 5.39. The number of carbonyl (C=O) groups is 1. The molecule has 0 bridgehead atoms. The molecule has 6 nitrogen and oxygen atoms in total. The van der Waals surface area contributed by atoms with E-state index < -0.39 is 54.6 Å². The third-order valence-electron chi connectivity index (χ3n) is 4.64. The average Bonchev–Trinajstić information content (AvgIpc) is 3.27. The van der Waals surface area contributed by atoms with E-state index in [1.54, 1.807) is 6.07 Å². The van der Waals surface area contributed by atoms with E-state index in [1.807, 2.05) is 0 Å². The first-order chi connectivity index (χ1) is 15.1. The molecule has 0 spiro atoms. The Kier molecular flexibility index (Phi) is 7.40. The molecule has 0 saturated heterocycles. The number of para-hydroxylation sites is 1. The number of ether oxygens (including phenoxy) is 1. The van der Waals surface area contributed by atoms with Crippen LogP contribution in [0.3, 0.4) is 0 Å². The predicted molar refractivity (Wildman–Crippen MR) is 102 cm³/mol. The molecule has 0 aromatic heterocycles. The highest BCUT2D eigenvalue weighted by Gasteiger charge is 2.38. The van der Waals surface area contributed by atoms with E-state index in [0.717, 1.165) is 12.8 Å². The highest BCUT2D eigenvalue weighted by atomic mass is 31.2. The lowest BCUT2D eigenvalue weighted by atomic mass is 10.3. The molecule has 1 aliphatic carbocycles. The van der Waals surface area contributed by atoms with Gasteiger partial charge in [0.25, 0.3) is 0 Å². The van der Waals surface area contributed by atoms with Gasteiger partial charge in [0.2, 0.25) is 34.8 Å². The molecule has 32 heavy (non-hydrogen) atoms. The zero-order valence-electron chi connectivity index (χ0n) is 16.7. The number of halogens is 5. The minimum Gasteiger partial charge on any atom is -0.461 e. The maximum atomic E-state index is 14.1. The van der Waals surface area contributed by atoms with Gasteiger partial charge in [0.1, 0.15) is 17.9 Å². The van der Waals surface area contributed by atoms with E-state index in [0.29, 0.717) is 12.8 Å². The van der Waals surface area contributed by atoms with Crippen LogP contribution in [0.1, 0.15) is 32.6 Å². The van der Waals surface area contributed by atoms with Crippen molar-refractivity contribution in [3.8, 4) is 11.5 Å². The van der Waals surface area contributed by atoms with E-state index in [9.17, 15) is 31.3 Å². The Hall–Kier alpha value is -2.65. The minimum atomic E-state index is -4.91. The molecule has 2 aromatic rings. The number of hydrogen-bond donors (Lipinski definition) is 1. The normalized spacial score (nSPS) is 16.9. The van der Waals surface area contributed by atoms with E-state index in [4.69, 9.17) is 13.8 Å². The molecule has 0 heterocycles. The van der Waals surface area contributed by atoms with Gasteiger partial charge in [0, 0.05) is 0 Å². The number of carbonyl (C=O) groups excluding carboxylic acids is 1. The number of esters is 1. The molecule has 2 aromatic carbocycles. The Labute approximate surface area is 180 Å². The lowest BCUT2D eigenvalue weighted by Gasteiger charge is -2.24. The van der Waals surface area contributed by atoms with Gasteiger partial charge in [0.15, 0.2) is 0 Å². The highest BCUT2D eigenvalue weighted by molar-refractivity contribution is 7.52. The number of nitrogens with one attached hydrogen (secondary N) is 1. The van der Waals surface area contributed by atoms with Crippen molar-refractivity contribution in [3.05, 3.63) is 59.4 Å². The van der Waals surface area contributed by atoms with Gasteiger partial charge in [-0.25, -0.2) is 17.7 Å². The predicted octanol–water partition coefficient (Wildman–Crippen LogP) is 5.41. The van der Waals surface area contributed by atoms with E-state index >= 15 is 0 Å². The van der Waals surface area contributed by atoms with Crippen LogP contribution in [0.2, 0.25) is 0 Å². The lowest BCUT2D eigenvalue weighted by Crippen LogP contribution is -2.37. The second-order valence-corrected chi connectivity index (χ2v) is 8.70. The van der Waals surface area contributed by atoms with Crippen LogP contribution in [0.4, 0.5) is 22.0 Å². The maximum absolute atomic E-state index is 14.1. The zero-order chi connectivity index (χ0) is 23.5. The molecule has 0 unspecified atom stereocenters. The number of benzene rings is 2. The van der Waals surface area contributed by atoms with Crippen molar-refractivity contribution in [2.24, 2.45) is 0 Å². The van der Waals surface area contributed by atoms with Crippen LogP contribution in [-0.4, -0.2) is 18.1 Å². The summed E-state index contributed by atoms with van der Waals surface area (Å²) in [5, 5.41) is 2.14. The molecule has 1 fully saturated rings. The summed E-state index contributed by atoms with van der Waals surface area (Å²) in [4.78, 5) is 12.3. The van der Waals surface area contributed by atoms with Crippen molar-refractivity contribution in [3.63, 3.8) is 0 Å². The molecule has 3 rings (SSSR count). The van der Waals surface area contributed by atoms with Gasteiger partial charge in [-0.3, -0.25) is 4.79 Å². The van der Waals surface area contributed by atoms with Gasteiger partial charge in [0.05, 0.1) is 0 Å². The molecule has 1 saturated carbocycles. The first-order valence-corrected chi connectivity index (χ1v) is 11.2. The Morgan fingerprint density at radius 2 is 1.47 bits per heavy atom. The van der Waals surface area contributed by atoms with Crippen molar-refractivity contribution < 1.29 is 45.1 Å². The van der Waals surface area contributed by atoms with Crippen molar-refractivity contribution >= 4 is 13.7 Å². The Morgan fingerprint density at radius 1 is 0.938 bits per heavy atom. The smallest absolute Gasteiger partial charge is 0.461 e. The largest absolute Gasteiger partial charge is 0.513 e. The Morgan fingerprint density at radius 3 is 2.03 bits per heavy atom. The number of hydrogen-bond acceptors (Lipinski definition) is 5. The SMILES string of the molecule is C[C@H](N[P@](=O)(Oc1ccccc1)Oc1c(F)c(F)c(F)c(F)c1F)C(=O)OC1CCCC1. The molecule has 1 aliphatic rings. The second kappa shape index (κ2) is 9.87. The summed E-state index contributed by atoms with van der Waals surface area (Å²) < 4.78 is 97.0. The molecule has 2 atom stereocenters. The van der Waals surface area contributed by atoms with Crippen LogP contribution in [0.5, 0.6) is 11.5 Å². The number of rotatable bonds is 8. The van der Waals surface area contributed by atoms with Gasteiger partial charge >= 0.3 is 13.7 Å². The minimum absolute atomic E-state index is 0.122. The molecular weight excluding hydrogens is 460 g/mol. The van der Waals surface area contributed by atoms with Crippen LogP contribution in [0, 0.1) is 29.1 Å². The fourth-order valence-electron chi connectivity index (χ4n) is 3.04. The first-order valence-electron chi connectivity index (χ1n) is 9.65. The fraction of sp³-hybridized carbons (Fsp3) is 0.350. The van der Waals surface area contributed by atoms with Crippen molar-refractivity contribution in [1.82, 2.24) is 5.09 Å². The van der Waals surface area contributed by atoms with Gasteiger partial charge in [-0.05, 0) is 44.7 Å². The van der Waals surface area contributed by atoms with Gasteiger partial charge in [-0.15, -0.1) is 0 Å². The van der Waals surface area contributed by atoms with E-state index in [-0.39, 0.29) is 11.9 Å². The highest BCUT2D eigenvalue weighted by Crippen LogP contribution is 2.47. The Bertz CT molecular complexity index is 1000.